The molecule has 0 bridgehead atoms. The second kappa shape index (κ2) is 5.85. The number of hydrogen-bond donors (Lipinski definition) is 1. The summed E-state index contributed by atoms with van der Waals surface area (Å²) in [4.78, 5) is 0. The van der Waals surface area contributed by atoms with Crippen molar-refractivity contribution >= 4 is 11.6 Å². The van der Waals surface area contributed by atoms with Crippen molar-refractivity contribution < 1.29 is 0 Å². The number of aryl methyl sites for hydroxylation is 1. The van der Waals surface area contributed by atoms with Gasteiger partial charge < -0.3 is 5.73 Å². The molecule has 0 unspecified atom stereocenters. The van der Waals surface area contributed by atoms with Gasteiger partial charge in [0.1, 0.15) is 0 Å². The monoisotopic (exact) mass is 245 g/mol. The molecule has 17 heavy (non-hydrogen) atoms. The van der Waals surface area contributed by atoms with E-state index in [1.807, 2.05) is 18.2 Å². The highest BCUT2D eigenvalue weighted by molar-refractivity contribution is 6.30. The molecule has 2 aromatic carbocycles. The zero-order valence-corrected chi connectivity index (χ0v) is 10.5. The lowest BCUT2D eigenvalue weighted by molar-refractivity contribution is 0.833. The Morgan fingerprint density at radius 2 is 1.71 bits per heavy atom. The maximum Gasteiger partial charge on any atom is 0.0412 e. The standard InChI is InChI=1S/C15H16ClN/c16-15-5-1-4-14(11-15)13-8-6-12(7-9-13)3-2-10-17/h1,4-9,11H,2-3,10,17H2. The van der Waals surface area contributed by atoms with Gasteiger partial charge >= 0.3 is 0 Å². The van der Waals surface area contributed by atoms with Gasteiger partial charge in [0.2, 0.25) is 0 Å². The topological polar surface area (TPSA) is 26.0 Å². The van der Waals surface area contributed by atoms with Crippen LogP contribution in [-0.4, -0.2) is 6.54 Å². The van der Waals surface area contributed by atoms with Gasteiger partial charge in [-0.05, 0) is 48.2 Å². The Morgan fingerprint density at radius 1 is 0.941 bits per heavy atom. The fraction of sp³-hybridized carbons (Fsp3) is 0.200. The molecule has 0 aliphatic carbocycles. The normalized spacial score (nSPS) is 10.5. The molecular weight excluding hydrogens is 230 g/mol. The van der Waals surface area contributed by atoms with Crippen LogP contribution in [0, 0.1) is 0 Å². The van der Waals surface area contributed by atoms with Crippen molar-refractivity contribution in [3.8, 4) is 11.1 Å². The SMILES string of the molecule is NCCCc1ccc(-c2cccc(Cl)c2)cc1. The van der Waals surface area contributed by atoms with Crippen molar-refractivity contribution in [2.75, 3.05) is 6.54 Å². The first-order valence-corrected chi connectivity index (χ1v) is 6.22. The van der Waals surface area contributed by atoms with E-state index in [0.29, 0.717) is 0 Å². The van der Waals surface area contributed by atoms with E-state index in [1.54, 1.807) is 0 Å². The largest absolute Gasteiger partial charge is 0.330 e. The molecule has 0 aliphatic heterocycles. The first-order valence-electron chi connectivity index (χ1n) is 5.84. The van der Waals surface area contributed by atoms with E-state index in [-0.39, 0.29) is 0 Å². The zero-order valence-electron chi connectivity index (χ0n) is 9.70. The number of halogens is 1. The van der Waals surface area contributed by atoms with Crippen molar-refractivity contribution in [1.29, 1.82) is 0 Å². The molecule has 0 saturated heterocycles. The van der Waals surface area contributed by atoms with Crippen LogP contribution in [-0.2, 0) is 6.42 Å². The van der Waals surface area contributed by atoms with E-state index in [9.17, 15) is 0 Å². The summed E-state index contributed by atoms with van der Waals surface area (Å²) in [5.41, 5.74) is 9.19. The molecule has 0 heterocycles. The van der Waals surface area contributed by atoms with Gasteiger partial charge in [-0.25, -0.2) is 0 Å². The minimum absolute atomic E-state index is 0.746. The lowest BCUT2D eigenvalue weighted by atomic mass is 10.0. The summed E-state index contributed by atoms with van der Waals surface area (Å²) in [5.74, 6) is 0. The predicted octanol–water partition coefficient (Wildman–Crippen LogP) is 3.90. The van der Waals surface area contributed by atoms with Crippen molar-refractivity contribution in [3.63, 3.8) is 0 Å². The molecule has 0 amide bonds. The molecule has 0 atom stereocenters. The molecule has 0 saturated carbocycles. The molecule has 0 aromatic heterocycles. The third kappa shape index (κ3) is 3.32. The first-order chi connectivity index (χ1) is 8.29. The summed E-state index contributed by atoms with van der Waals surface area (Å²) < 4.78 is 0. The van der Waals surface area contributed by atoms with Gasteiger partial charge in [-0.2, -0.15) is 0 Å². The van der Waals surface area contributed by atoms with Gasteiger partial charge in [0, 0.05) is 5.02 Å². The smallest absolute Gasteiger partial charge is 0.0412 e. The number of benzene rings is 2. The van der Waals surface area contributed by atoms with E-state index in [1.165, 1.54) is 11.1 Å². The third-order valence-corrected chi connectivity index (χ3v) is 3.02. The van der Waals surface area contributed by atoms with Gasteiger partial charge in [-0.1, -0.05) is 48.0 Å². The molecule has 0 spiro atoms. The van der Waals surface area contributed by atoms with Gasteiger partial charge in [0.15, 0.2) is 0 Å². The number of nitrogens with two attached hydrogens (primary N) is 1. The quantitative estimate of drug-likeness (QED) is 0.869. The van der Waals surface area contributed by atoms with Gasteiger partial charge in [-0.3, -0.25) is 0 Å². The summed E-state index contributed by atoms with van der Waals surface area (Å²) in [6.45, 7) is 0.746. The predicted molar refractivity (Wildman–Crippen MR) is 74.3 cm³/mol. The summed E-state index contributed by atoms with van der Waals surface area (Å²) >= 11 is 5.98. The van der Waals surface area contributed by atoms with Gasteiger partial charge in [-0.15, -0.1) is 0 Å². The molecule has 2 rings (SSSR count). The molecule has 0 fully saturated rings. The number of rotatable bonds is 4. The highest BCUT2D eigenvalue weighted by Gasteiger charge is 1.99. The van der Waals surface area contributed by atoms with Crippen LogP contribution in [0.25, 0.3) is 11.1 Å². The lowest BCUT2D eigenvalue weighted by Crippen LogP contribution is -2.00. The second-order valence-electron chi connectivity index (χ2n) is 4.10. The molecule has 0 radical (unpaired) electrons. The highest BCUT2D eigenvalue weighted by Crippen LogP contribution is 2.23. The molecule has 2 heteroatoms. The summed E-state index contributed by atoms with van der Waals surface area (Å²) in [7, 11) is 0. The zero-order chi connectivity index (χ0) is 12.1. The Hall–Kier alpha value is -1.31. The van der Waals surface area contributed by atoms with E-state index in [4.69, 9.17) is 17.3 Å². The van der Waals surface area contributed by atoms with Crippen LogP contribution in [0.3, 0.4) is 0 Å². The van der Waals surface area contributed by atoms with Crippen LogP contribution < -0.4 is 5.73 Å². The number of hydrogen-bond acceptors (Lipinski definition) is 1. The molecule has 0 aliphatic rings. The fourth-order valence-corrected chi connectivity index (χ4v) is 2.03. The van der Waals surface area contributed by atoms with E-state index in [2.05, 4.69) is 30.3 Å². The van der Waals surface area contributed by atoms with E-state index >= 15 is 0 Å². The first kappa shape index (κ1) is 12.2. The summed E-state index contributed by atoms with van der Waals surface area (Å²) in [5, 5.41) is 0.773. The minimum atomic E-state index is 0.746. The lowest BCUT2D eigenvalue weighted by Gasteiger charge is -2.04. The maximum absolute atomic E-state index is 5.98. The molecule has 2 N–H and O–H groups in total. The fourth-order valence-electron chi connectivity index (χ4n) is 1.84. The average molecular weight is 246 g/mol. The third-order valence-electron chi connectivity index (χ3n) is 2.78. The molecule has 88 valence electrons. The maximum atomic E-state index is 5.98. The van der Waals surface area contributed by atoms with Crippen molar-refractivity contribution in [3.05, 3.63) is 59.1 Å². The van der Waals surface area contributed by atoms with Crippen molar-refractivity contribution in [1.82, 2.24) is 0 Å². The van der Waals surface area contributed by atoms with E-state index < -0.39 is 0 Å². The Bertz CT molecular complexity index is 477. The highest BCUT2D eigenvalue weighted by atomic mass is 35.5. The summed E-state index contributed by atoms with van der Waals surface area (Å²) in [6.07, 6.45) is 2.09. The average Bonchev–Trinajstić information content (AvgIpc) is 2.37. The minimum Gasteiger partial charge on any atom is -0.330 e. The second-order valence-corrected chi connectivity index (χ2v) is 4.54. The Balaban J connectivity index is 2.17. The molecule has 2 aromatic rings. The van der Waals surface area contributed by atoms with Crippen LogP contribution in [0.15, 0.2) is 48.5 Å². The van der Waals surface area contributed by atoms with Crippen molar-refractivity contribution in [2.24, 2.45) is 5.73 Å². The molecule has 1 nitrogen and oxygen atoms in total. The Morgan fingerprint density at radius 3 is 2.35 bits per heavy atom. The van der Waals surface area contributed by atoms with E-state index in [0.717, 1.165) is 30.0 Å². The van der Waals surface area contributed by atoms with Crippen LogP contribution in [0.1, 0.15) is 12.0 Å². The van der Waals surface area contributed by atoms with Gasteiger partial charge in [0.25, 0.3) is 0 Å². The van der Waals surface area contributed by atoms with Crippen LogP contribution >= 0.6 is 11.6 Å². The Labute approximate surface area is 107 Å². The van der Waals surface area contributed by atoms with Crippen LogP contribution in [0.2, 0.25) is 5.02 Å². The Kier molecular flexibility index (Phi) is 4.18. The molecular formula is C15H16ClN. The van der Waals surface area contributed by atoms with Crippen LogP contribution in [0.4, 0.5) is 0 Å². The van der Waals surface area contributed by atoms with Crippen molar-refractivity contribution in [2.45, 2.75) is 12.8 Å². The summed E-state index contributed by atoms with van der Waals surface area (Å²) in [6, 6.07) is 16.5. The van der Waals surface area contributed by atoms with Crippen LogP contribution in [0.5, 0.6) is 0 Å². The van der Waals surface area contributed by atoms with Gasteiger partial charge in [0.05, 0.1) is 0 Å².